The maximum atomic E-state index is 11.5. The van der Waals surface area contributed by atoms with Gasteiger partial charge in [0, 0.05) is 24.2 Å². The average Bonchev–Trinajstić information content (AvgIpc) is 2.61. The standard InChI is InChI=1S/C19H26N2O7/c22-16-8-4-1-5-13(16)9-20(10-17(23)24)14-6-2-3-7-15(14)21(11-18(25)26)12-19(27)28/h1,4-5,8,14-15,22H,2-3,6-7,9-12H2,(H,23,24)(H,25,26)(H,27,28)/t14-,15-/m0/s1. The molecule has 0 heterocycles. The van der Waals surface area contributed by atoms with Gasteiger partial charge in [0.05, 0.1) is 19.6 Å². The molecule has 2 rings (SSSR count). The number of aromatic hydroxyl groups is 1. The fraction of sp³-hybridized carbons (Fsp3) is 0.526. The Morgan fingerprint density at radius 2 is 1.29 bits per heavy atom. The third kappa shape index (κ3) is 6.21. The molecular formula is C19H26N2O7. The summed E-state index contributed by atoms with van der Waals surface area (Å²) >= 11 is 0. The monoisotopic (exact) mass is 394 g/mol. The summed E-state index contributed by atoms with van der Waals surface area (Å²) in [6, 6.07) is 5.91. The summed E-state index contributed by atoms with van der Waals surface area (Å²) in [4.78, 5) is 37.0. The summed E-state index contributed by atoms with van der Waals surface area (Å²) in [5.74, 6) is -3.24. The lowest BCUT2D eigenvalue weighted by Gasteiger charge is -2.44. The predicted molar refractivity (Wildman–Crippen MR) is 99.0 cm³/mol. The molecule has 9 heteroatoms. The number of para-hydroxylation sites is 1. The largest absolute Gasteiger partial charge is 0.508 e. The molecular weight excluding hydrogens is 368 g/mol. The quantitative estimate of drug-likeness (QED) is 0.459. The molecule has 28 heavy (non-hydrogen) atoms. The van der Waals surface area contributed by atoms with E-state index in [0.29, 0.717) is 18.4 Å². The third-order valence-electron chi connectivity index (χ3n) is 5.01. The number of rotatable bonds is 10. The van der Waals surface area contributed by atoms with Crippen LogP contribution in [-0.4, -0.2) is 79.9 Å². The van der Waals surface area contributed by atoms with Gasteiger partial charge in [-0.1, -0.05) is 31.0 Å². The molecule has 2 atom stereocenters. The summed E-state index contributed by atoms with van der Waals surface area (Å²) in [7, 11) is 0. The number of carbonyl (C=O) groups is 3. The first-order valence-electron chi connectivity index (χ1n) is 9.18. The third-order valence-corrected chi connectivity index (χ3v) is 5.01. The first-order chi connectivity index (χ1) is 13.3. The van der Waals surface area contributed by atoms with Crippen molar-refractivity contribution < 1.29 is 34.8 Å². The lowest BCUT2D eigenvalue weighted by atomic mass is 9.87. The Kier molecular flexibility index (Phi) is 7.77. The van der Waals surface area contributed by atoms with Crippen molar-refractivity contribution in [2.24, 2.45) is 0 Å². The van der Waals surface area contributed by atoms with E-state index in [1.807, 2.05) is 0 Å². The van der Waals surface area contributed by atoms with Crippen molar-refractivity contribution in [3.8, 4) is 5.75 Å². The van der Waals surface area contributed by atoms with Gasteiger partial charge in [-0.3, -0.25) is 24.2 Å². The Hall–Kier alpha value is -2.65. The van der Waals surface area contributed by atoms with Crippen molar-refractivity contribution in [2.75, 3.05) is 19.6 Å². The van der Waals surface area contributed by atoms with Gasteiger partial charge in [0.1, 0.15) is 5.75 Å². The highest BCUT2D eigenvalue weighted by Crippen LogP contribution is 2.29. The minimum atomic E-state index is -1.13. The molecule has 0 bridgehead atoms. The van der Waals surface area contributed by atoms with E-state index in [2.05, 4.69) is 0 Å². The number of nitrogens with zero attached hydrogens (tertiary/aromatic N) is 2. The van der Waals surface area contributed by atoms with Crippen LogP contribution in [0.4, 0.5) is 0 Å². The second kappa shape index (κ2) is 10.0. The van der Waals surface area contributed by atoms with E-state index in [0.717, 1.165) is 12.8 Å². The summed E-state index contributed by atoms with van der Waals surface area (Å²) in [5.41, 5.74) is 0.566. The molecule has 1 fully saturated rings. The number of hydrogen-bond acceptors (Lipinski definition) is 6. The Balaban J connectivity index is 2.30. The van der Waals surface area contributed by atoms with Crippen molar-refractivity contribution in [1.82, 2.24) is 9.80 Å². The second-order valence-corrected chi connectivity index (χ2v) is 7.04. The van der Waals surface area contributed by atoms with Gasteiger partial charge in [-0.2, -0.15) is 0 Å². The van der Waals surface area contributed by atoms with Gasteiger partial charge in [0.2, 0.25) is 0 Å². The summed E-state index contributed by atoms with van der Waals surface area (Å²) in [5, 5.41) is 37.8. The maximum absolute atomic E-state index is 11.5. The van der Waals surface area contributed by atoms with Gasteiger partial charge in [-0.05, 0) is 18.9 Å². The van der Waals surface area contributed by atoms with Crippen LogP contribution in [0.1, 0.15) is 31.2 Å². The second-order valence-electron chi connectivity index (χ2n) is 7.04. The van der Waals surface area contributed by atoms with Gasteiger partial charge in [-0.15, -0.1) is 0 Å². The molecule has 0 unspecified atom stereocenters. The highest BCUT2D eigenvalue weighted by Gasteiger charge is 2.36. The highest BCUT2D eigenvalue weighted by atomic mass is 16.4. The molecule has 1 aliphatic carbocycles. The molecule has 0 aromatic heterocycles. The molecule has 9 nitrogen and oxygen atoms in total. The van der Waals surface area contributed by atoms with Crippen molar-refractivity contribution in [3.05, 3.63) is 29.8 Å². The first kappa shape index (κ1) is 21.6. The Morgan fingerprint density at radius 1 is 0.821 bits per heavy atom. The SMILES string of the molecule is O=C(O)CN(CC(=O)O)[C@H]1CCCC[C@@H]1N(CC(=O)O)Cc1ccccc1O. The first-order valence-corrected chi connectivity index (χ1v) is 9.18. The number of carboxylic acids is 3. The van der Waals surface area contributed by atoms with Crippen LogP contribution in [0.3, 0.4) is 0 Å². The molecule has 0 amide bonds. The Bertz CT molecular complexity index is 693. The van der Waals surface area contributed by atoms with E-state index in [1.54, 1.807) is 23.1 Å². The molecule has 1 saturated carbocycles. The summed E-state index contributed by atoms with van der Waals surface area (Å²) < 4.78 is 0. The van der Waals surface area contributed by atoms with Gasteiger partial charge in [0.25, 0.3) is 0 Å². The van der Waals surface area contributed by atoms with Crippen LogP contribution in [0, 0.1) is 0 Å². The maximum Gasteiger partial charge on any atom is 0.317 e. The van der Waals surface area contributed by atoms with Crippen LogP contribution < -0.4 is 0 Å². The molecule has 1 aliphatic rings. The zero-order valence-electron chi connectivity index (χ0n) is 15.5. The molecule has 1 aromatic carbocycles. The predicted octanol–water partition coefficient (Wildman–Crippen LogP) is 1.06. The van der Waals surface area contributed by atoms with E-state index < -0.39 is 37.0 Å². The zero-order valence-corrected chi connectivity index (χ0v) is 15.5. The normalized spacial score (nSPS) is 19.6. The van der Waals surface area contributed by atoms with E-state index in [9.17, 15) is 34.8 Å². The zero-order chi connectivity index (χ0) is 20.7. The van der Waals surface area contributed by atoms with Crippen molar-refractivity contribution in [3.63, 3.8) is 0 Å². The lowest BCUT2D eigenvalue weighted by molar-refractivity contribution is -0.146. The summed E-state index contributed by atoms with van der Waals surface area (Å²) in [6.07, 6.45) is 2.86. The summed E-state index contributed by atoms with van der Waals surface area (Å²) in [6.45, 7) is -0.965. The number of benzene rings is 1. The smallest absolute Gasteiger partial charge is 0.317 e. The number of hydrogen-bond donors (Lipinski definition) is 4. The van der Waals surface area contributed by atoms with Crippen LogP contribution in [0.2, 0.25) is 0 Å². The van der Waals surface area contributed by atoms with Crippen molar-refractivity contribution in [2.45, 2.75) is 44.3 Å². The fourth-order valence-corrected chi connectivity index (χ4v) is 3.91. The van der Waals surface area contributed by atoms with Crippen LogP contribution in [-0.2, 0) is 20.9 Å². The Labute approximate surface area is 162 Å². The van der Waals surface area contributed by atoms with Crippen molar-refractivity contribution >= 4 is 17.9 Å². The minimum Gasteiger partial charge on any atom is -0.508 e. The molecule has 0 spiro atoms. The van der Waals surface area contributed by atoms with Crippen LogP contribution in [0.15, 0.2) is 24.3 Å². The van der Waals surface area contributed by atoms with Gasteiger partial charge >= 0.3 is 17.9 Å². The topological polar surface area (TPSA) is 139 Å². The molecule has 0 saturated heterocycles. The van der Waals surface area contributed by atoms with E-state index >= 15 is 0 Å². The van der Waals surface area contributed by atoms with Gasteiger partial charge in [0.15, 0.2) is 0 Å². The fourth-order valence-electron chi connectivity index (χ4n) is 3.91. The average molecular weight is 394 g/mol. The number of aliphatic carboxylic acids is 3. The molecule has 154 valence electrons. The molecule has 0 radical (unpaired) electrons. The Morgan fingerprint density at radius 3 is 1.79 bits per heavy atom. The van der Waals surface area contributed by atoms with E-state index in [4.69, 9.17) is 0 Å². The molecule has 1 aromatic rings. The van der Waals surface area contributed by atoms with Gasteiger partial charge < -0.3 is 20.4 Å². The van der Waals surface area contributed by atoms with Crippen molar-refractivity contribution in [1.29, 1.82) is 0 Å². The highest BCUT2D eigenvalue weighted by molar-refractivity contribution is 5.72. The van der Waals surface area contributed by atoms with Crippen LogP contribution in [0.5, 0.6) is 5.75 Å². The van der Waals surface area contributed by atoms with E-state index in [-0.39, 0.29) is 24.9 Å². The van der Waals surface area contributed by atoms with Crippen LogP contribution in [0.25, 0.3) is 0 Å². The van der Waals surface area contributed by atoms with E-state index in [1.165, 1.54) is 11.0 Å². The number of carboxylic acid groups (broad SMARTS) is 3. The van der Waals surface area contributed by atoms with Crippen LogP contribution >= 0.6 is 0 Å². The minimum absolute atomic E-state index is 0.0539. The molecule has 4 N–H and O–H groups in total. The molecule has 0 aliphatic heterocycles. The van der Waals surface area contributed by atoms with Gasteiger partial charge in [-0.25, -0.2) is 0 Å². The lowest BCUT2D eigenvalue weighted by Crippen LogP contribution is -2.56. The number of phenolic OH excluding ortho intramolecular Hbond substituents is 1. The number of phenols is 1.